The standard InChI is InChI=1S/C19H26N2O3S/c1-25(23,24)20-12-4-6-15(13-20)19(22)21(16-9-10-16)18-11-8-14-5-2-3-7-17(14)18/h2-3,5,7,15-16,18H,4,6,8-13H2,1H3/t15-,18+/m1/s1. The van der Waals surface area contributed by atoms with Crippen molar-refractivity contribution < 1.29 is 13.2 Å². The molecule has 2 atom stereocenters. The zero-order valence-electron chi connectivity index (χ0n) is 14.7. The number of nitrogens with zero attached hydrogens (tertiary/aromatic N) is 2. The summed E-state index contributed by atoms with van der Waals surface area (Å²) >= 11 is 0. The molecule has 1 heterocycles. The van der Waals surface area contributed by atoms with Crippen LogP contribution in [0.2, 0.25) is 0 Å². The van der Waals surface area contributed by atoms with Crippen LogP contribution < -0.4 is 0 Å². The zero-order valence-corrected chi connectivity index (χ0v) is 15.5. The van der Waals surface area contributed by atoms with Crippen LogP contribution >= 0.6 is 0 Å². The van der Waals surface area contributed by atoms with E-state index in [4.69, 9.17) is 0 Å². The molecule has 136 valence electrons. The van der Waals surface area contributed by atoms with Gasteiger partial charge in [-0.1, -0.05) is 24.3 Å². The fraction of sp³-hybridized carbons (Fsp3) is 0.632. The Labute approximate surface area is 150 Å². The molecule has 0 unspecified atom stereocenters. The Bertz CT molecular complexity index is 773. The van der Waals surface area contributed by atoms with E-state index in [2.05, 4.69) is 29.2 Å². The molecule has 25 heavy (non-hydrogen) atoms. The van der Waals surface area contributed by atoms with Crippen LogP contribution in [0.3, 0.4) is 0 Å². The number of fused-ring (bicyclic) bond motifs is 1. The van der Waals surface area contributed by atoms with E-state index < -0.39 is 10.0 Å². The third kappa shape index (κ3) is 3.34. The van der Waals surface area contributed by atoms with Crippen molar-refractivity contribution in [1.29, 1.82) is 0 Å². The fourth-order valence-electron chi connectivity index (χ4n) is 4.42. The Kier molecular flexibility index (Phi) is 4.36. The average Bonchev–Trinajstić information content (AvgIpc) is 3.34. The van der Waals surface area contributed by atoms with Crippen LogP contribution in [0.1, 0.15) is 49.3 Å². The van der Waals surface area contributed by atoms with E-state index in [1.807, 2.05) is 0 Å². The molecule has 0 radical (unpaired) electrons. The van der Waals surface area contributed by atoms with Gasteiger partial charge in [0.05, 0.1) is 18.2 Å². The highest BCUT2D eigenvalue weighted by atomic mass is 32.2. The molecule has 5 nitrogen and oxygen atoms in total. The lowest BCUT2D eigenvalue weighted by Crippen LogP contribution is -2.47. The molecule has 0 bridgehead atoms. The van der Waals surface area contributed by atoms with Gasteiger partial charge in [-0.3, -0.25) is 4.79 Å². The number of aryl methyl sites for hydroxylation is 1. The third-order valence-electron chi connectivity index (χ3n) is 5.83. The number of hydrogen-bond donors (Lipinski definition) is 0. The summed E-state index contributed by atoms with van der Waals surface area (Å²) in [5, 5.41) is 0. The van der Waals surface area contributed by atoms with Crippen LogP contribution in [0.15, 0.2) is 24.3 Å². The Morgan fingerprint density at radius 2 is 1.92 bits per heavy atom. The highest BCUT2D eigenvalue weighted by molar-refractivity contribution is 7.88. The molecular weight excluding hydrogens is 336 g/mol. The van der Waals surface area contributed by atoms with E-state index in [-0.39, 0.29) is 17.9 Å². The van der Waals surface area contributed by atoms with Crippen molar-refractivity contribution in [2.75, 3.05) is 19.3 Å². The highest BCUT2D eigenvalue weighted by Crippen LogP contribution is 2.43. The highest BCUT2D eigenvalue weighted by Gasteiger charge is 2.43. The monoisotopic (exact) mass is 362 g/mol. The van der Waals surface area contributed by atoms with Gasteiger partial charge < -0.3 is 4.90 Å². The number of carbonyl (C=O) groups is 1. The second-order valence-electron chi connectivity index (χ2n) is 7.69. The van der Waals surface area contributed by atoms with E-state index in [0.29, 0.717) is 19.1 Å². The number of hydrogen-bond acceptors (Lipinski definition) is 3. The molecule has 6 heteroatoms. The number of benzene rings is 1. The second kappa shape index (κ2) is 6.40. The first-order valence-electron chi connectivity index (χ1n) is 9.30. The van der Waals surface area contributed by atoms with Crippen molar-refractivity contribution in [3.8, 4) is 0 Å². The van der Waals surface area contributed by atoms with Gasteiger partial charge in [0.1, 0.15) is 0 Å². The van der Waals surface area contributed by atoms with E-state index in [0.717, 1.165) is 38.5 Å². The SMILES string of the molecule is CS(=O)(=O)N1CCC[C@@H](C(=O)N(C2CC2)[C@H]2CCc3ccccc32)C1. The summed E-state index contributed by atoms with van der Waals surface area (Å²) in [7, 11) is -3.23. The van der Waals surface area contributed by atoms with Gasteiger partial charge in [-0.15, -0.1) is 0 Å². The number of carbonyl (C=O) groups excluding carboxylic acids is 1. The van der Waals surface area contributed by atoms with Crippen LogP contribution in [-0.2, 0) is 21.2 Å². The lowest BCUT2D eigenvalue weighted by molar-refractivity contribution is -0.140. The summed E-state index contributed by atoms with van der Waals surface area (Å²) in [6.45, 7) is 0.882. The normalized spacial score (nSPS) is 27.1. The molecule has 0 N–H and O–H groups in total. The largest absolute Gasteiger partial charge is 0.332 e. The van der Waals surface area contributed by atoms with Gasteiger partial charge in [-0.25, -0.2) is 12.7 Å². The number of piperidine rings is 1. The molecular formula is C19H26N2O3S. The van der Waals surface area contributed by atoms with E-state index in [9.17, 15) is 13.2 Å². The summed E-state index contributed by atoms with van der Waals surface area (Å²) in [5.41, 5.74) is 2.64. The summed E-state index contributed by atoms with van der Waals surface area (Å²) in [6, 6.07) is 8.95. The Morgan fingerprint density at radius 3 is 2.64 bits per heavy atom. The minimum atomic E-state index is -3.23. The van der Waals surface area contributed by atoms with Gasteiger partial charge in [-0.05, 0) is 49.7 Å². The van der Waals surface area contributed by atoms with Gasteiger partial charge in [0, 0.05) is 19.1 Å². The Morgan fingerprint density at radius 1 is 1.16 bits per heavy atom. The maximum absolute atomic E-state index is 13.4. The predicted octanol–water partition coefficient (Wildman–Crippen LogP) is 2.34. The van der Waals surface area contributed by atoms with Gasteiger partial charge >= 0.3 is 0 Å². The van der Waals surface area contributed by atoms with Crippen LogP contribution in [0.5, 0.6) is 0 Å². The summed E-state index contributed by atoms with van der Waals surface area (Å²) in [5.74, 6) is -0.0330. The topological polar surface area (TPSA) is 57.7 Å². The summed E-state index contributed by atoms with van der Waals surface area (Å²) in [6.07, 6.45) is 6.97. The first kappa shape index (κ1) is 17.0. The minimum absolute atomic E-state index is 0.164. The average molecular weight is 362 g/mol. The molecule has 1 aliphatic heterocycles. The number of sulfonamides is 1. The van der Waals surface area contributed by atoms with Gasteiger partial charge in [0.2, 0.25) is 15.9 Å². The minimum Gasteiger partial charge on any atom is -0.332 e. The first-order chi connectivity index (χ1) is 11.9. The zero-order chi connectivity index (χ0) is 17.6. The molecule has 1 saturated heterocycles. The lowest BCUT2D eigenvalue weighted by Gasteiger charge is -2.37. The molecule has 1 aromatic rings. The number of amides is 1. The molecule has 1 aromatic carbocycles. The number of rotatable bonds is 4. The lowest BCUT2D eigenvalue weighted by atomic mass is 9.96. The van der Waals surface area contributed by atoms with Gasteiger partial charge in [0.15, 0.2) is 0 Å². The van der Waals surface area contributed by atoms with Crippen molar-refractivity contribution in [1.82, 2.24) is 9.21 Å². The van der Waals surface area contributed by atoms with Crippen molar-refractivity contribution in [3.63, 3.8) is 0 Å². The molecule has 3 aliphatic rings. The first-order valence-corrected chi connectivity index (χ1v) is 11.1. The maximum atomic E-state index is 13.4. The summed E-state index contributed by atoms with van der Waals surface area (Å²) < 4.78 is 25.3. The quantitative estimate of drug-likeness (QED) is 0.826. The third-order valence-corrected chi connectivity index (χ3v) is 7.10. The molecule has 1 saturated carbocycles. The van der Waals surface area contributed by atoms with Crippen LogP contribution in [0, 0.1) is 5.92 Å². The Hall–Kier alpha value is -1.40. The van der Waals surface area contributed by atoms with Crippen molar-refractivity contribution in [2.24, 2.45) is 5.92 Å². The van der Waals surface area contributed by atoms with Gasteiger partial charge in [0.25, 0.3) is 0 Å². The molecule has 4 rings (SSSR count). The van der Waals surface area contributed by atoms with Crippen molar-refractivity contribution >= 4 is 15.9 Å². The molecule has 0 aromatic heterocycles. The predicted molar refractivity (Wildman–Crippen MR) is 96.5 cm³/mol. The smallest absolute Gasteiger partial charge is 0.227 e. The fourth-order valence-corrected chi connectivity index (χ4v) is 5.33. The molecule has 1 amide bonds. The van der Waals surface area contributed by atoms with E-state index in [1.54, 1.807) is 0 Å². The van der Waals surface area contributed by atoms with E-state index in [1.165, 1.54) is 21.7 Å². The van der Waals surface area contributed by atoms with Crippen molar-refractivity contribution in [3.05, 3.63) is 35.4 Å². The van der Waals surface area contributed by atoms with Crippen LogP contribution in [-0.4, -0.2) is 48.9 Å². The summed E-state index contributed by atoms with van der Waals surface area (Å²) in [4.78, 5) is 15.5. The van der Waals surface area contributed by atoms with Crippen LogP contribution in [0.25, 0.3) is 0 Å². The van der Waals surface area contributed by atoms with Gasteiger partial charge in [-0.2, -0.15) is 0 Å². The second-order valence-corrected chi connectivity index (χ2v) is 9.67. The Balaban J connectivity index is 1.57. The maximum Gasteiger partial charge on any atom is 0.227 e. The van der Waals surface area contributed by atoms with Crippen molar-refractivity contribution in [2.45, 2.75) is 50.6 Å². The molecule has 0 spiro atoms. The molecule has 2 aliphatic carbocycles. The van der Waals surface area contributed by atoms with Crippen LogP contribution in [0.4, 0.5) is 0 Å². The van der Waals surface area contributed by atoms with E-state index >= 15 is 0 Å². The molecule has 2 fully saturated rings.